The molecule has 0 bridgehead atoms. The average Bonchev–Trinajstić information content (AvgIpc) is 2.14. The number of alkyl halides is 1. The van der Waals surface area contributed by atoms with Gasteiger partial charge in [0.05, 0.1) is 12.1 Å². The Bertz CT molecular complexity index is 411. The maximum Gasteiger partial charge on any atom is 0.265 e. The summed E-state index contributed by atoms with van der Waals surface area (Å²) >= 11 is 5.66. The van der Waals surface area contributed by atoms with E-state index in [1.807, 2.05) is 31.2 Å². The minimum absolute atomic E-state index is 0.107. The number of hydrogen-bond donors (Lipinski definition) is 0. The highest BCUT2D eigenvalue weighted by atomic mass is 35.5. The van der Waals surface area contributed by atoms with Crippen LogP contribution in [0, 0.1) is 6.92 Å². The Morgan fingerprint density at radius 1 is 1.33 bits per heavy atom. The molecule has 0 amide bonds. The van der Waals surface area contributed by atoms with Crippen molar-refractivity contribution in [2.75, 3.05) is 12.1 Å². The Kier molecular flexibility index (Phi) is 4.13. The highest BCUT2D eigenvalue weighted by Crippen LogP contribution is 2.21. The standard InChI is InChI=1S/C10H13ClO3S/c1-8-3-5-9(6-4-8)10(7-11)14-15(2,12)13/h3-6,10H,7H2,1-2H3. The van der Waals surface area contributed by atoms with Gasteiger partial charge in [0.2, 0.25) is 0 Å². The second-order valence-electron chi connectivity index (χ2n) is 3.35. The number of rotatable bonds is 4. The van der Waals surface area contributed by atoms with Crippen LogP contribution < -0.4 is 0 Å². The Morgan fingerprint density at radius 2 is 1.87 bits per heavy atom. The fraction of sp³-hybridized carbons (Fsp3) is 0.400. The summed E-state index contributed by atoms with van der Waals surface area (Å²) in [6.45, 7) is 1.96. The van der Waals surface area contributed by atoms with Crippen molar-refractivity contribution in [3.05, 3.63) is 35.4 Å². The third-order valence-corrected chi connectivity index (χ3v) is 2.74. The van der Waals surface area contributed by atoms with Gasteiger partial charge in [0.1, 0.15) is 6.10 Å². The van der Waals surface area contributed by atoms with Gasteiger partial charge >= 0.3 is 0 Å². The lowest BCUT2D eigenvalue weighted by molar-refractivity contribution is 0.240. The minimum atomic E-state index is -3.48. The van der Waals surface area contributed by atoms with Gasteiger partial charge in [-0.2, -0.15) is 8.42 Å². The van der Waals surface area contributed by atoms with Crippen LogP contribution in [-0.2, 0) is 14.3 Å². The predicted molar refractivity (Wildman–Crippen MR) is 60.6 cm³/mol. The minimum Gasteiger partial charge on any atom is -0.261 e. The summed E-state index contributed by atoms with van der Waals surface area (Å²) in [6.07, 6.45) is 0.406. The molecule has 3 nitrogen and oxygen atoms in total. The molecule has 1 unspecified atom stereocenters. The van der Waals surface area contributed by atoms with Gasteiger partial charge in [-0.25, -0.2) is 0 Å². The van der Waals surface area contributed by atoms with E-state index >= 15 is 0 Å². The van der Waals surface area contributed by atoms with Crippen LogP contribution in [-0.4, -0.2) is 20.6 Å². The molecule has 0 saturated heterocycles. The second kappa shape index (κ2) is 4.96. The Labute approximate surface area is 95.1 Å². The first-order valence-electron chi connectivity index (χ1n) is 4.43. The first-order valence-corrected chi connectivity index (χ1v) is 6.78. The summed E-state index contributed by atoms with van der Waals surface area (Å²) in [5.41, 5.74) is 1.87. The normalized spacial score (nSPS) is 13.8. The lowest BCUT2D eigenvalue weighted by Gasteiger charge is -2.13. The lowest BCUT2D eigenvalue weighted by Crippen LogP contribution is -2.11. The molecular weight excluding hydrogens is 236 g/mol. The third kappa shape index (κ3) is 4.20. The van der Waals surface area contributed by atoms with E-state index in [-0.39, 0.29) is 5.88 Å². The maximum absolute atomic E-state index is 11.0. The molecule has 1 aromatic rings. The molecule has 0 fully saturated rings. The van der Waals surface area contributed by atoms with Crippen LogP contribution in [0.2, 0.25) is 0 Å². The molecule has 0 radical (unpaired) electrons. The van der Waals surface area contributed by atoms with E-state index < -0.39 is 16.2 Å². The van der Waals surface area contributed by atoms with E-state index in [0.29, 0.717) is 0 Å². The van der Waals surface area contributed by atoms with Crippen LogP contribution >= 0.6 is 11.6 Å². The summed E-state index contributed by atoms with van der Waals surface area (Å²) in [4.78, 5) is 0. The Balaban J connectivity index is 2.88. The predicted octanol–water partition coefficient (Wildman–Crippen LogP) is 2.25. The second-order valence-corrected chi connectivity index (χ2v) is 5.26. The summed E-state index contributed by atoms with van der Waals surface area (Å²) in [6, 6.07) is 7.40. The van der Waals surface area contributed by atoms with Crippen LogP contribution in [0.3, 0.4) is 0 Å². The topological polar surface area (TPSA) is 43.4 Å². The molecular formula is C10H13ClO3S. The number of hydrogen-bond acceptors (Lipinski definition) is 3. The molecule has 84 valence electrons. The number of halogens is 1. The first kappa shape index (κ1) is 12.5. The van der Waals surface area contributed by atoms with Crippen molar-refractivity contribution in [2.24, 2.45) is 0 Å². The molecule has 15 heavy (non-hydrogen) atoms. The lowest BCUT2D eigenvalue weighted by atomic mass is 10.1. The molecule has 0 aromatic heterocycles. The number of benzene rings is 1. The van der Waals surface area contributed by atoms with Gasteiger partial charge in [-0.3, -0.25) is 4.18 Å². The number of aryl methyl sites for hydroxylation is 1. The van der Waals surface area contributed by atoms with Crippen molar-refractivity contribution in [3.8, 4) is 0 Å². The zero-order valence-electron chi connectivity index (χ0n) is 8.60. The fourth-order valence-corrected chi connectivity index (χ4v) is 2.08. The molecule has 0 N–H and O–H groups in total. The van der Waals surface area contributed by atoms with Gasteiger partial charge in [-0.05, 0) is 12.5 Å². The van der Waals surface area contributed by atoms with Crippen LogP contribution in [0.25, 0.3) is 0 Å². The van der Waals surface area contributed by atoms with Crippen LogP contribution in [0.1, 0.15) is 17.2 Å². The molecule has 0 aliphatic heterocycles. The van der Waals surface area contributed by atoms with E-state index in [0.717, 1.165) is 17.4 Å². The zero-order valence-corrected chi connectivity index (χ0v) is 10.2. The molecule has 0 spiro atoms. The van der Waals surface area contributed by atoms with Crippen molar-refractivity contribution >= 4 is 21.7 Å². The molecule has 1 aromatic carbocycles. The van der Waals surface area contributed by atoms with E-state index in [4.69, 9.17) is 15.8 Å². The Morgan fingerprint density at radius 3 is 2.27 bits per heavy atom. The van der Waals surface area contributed by atoms with E-state index in [1.54, 1.807) is 0 Å². The van der Waals surface area contributed by atoms with Crippen molar-refractivity contribution in [1.29, 1.82) is 0 Å². The maximum atomic E-state index is 11.0. The summed E-state index contributed by atoms with van der Waals surface area (Å²) < 4.78 is 26.8. The molecule has 0 heterocycles. The summed E-state index contributed by atoms with van der Waals surface area (Å²) in [5, 5.41) is 0. The van der Waals surface area contributed by atoms with E-state index in [2.05, 4.69) is 0 Å². The highest BCUT2D eigenvalue weighted by molar-refractivity contribution is 7.86. The van der Waals surface area contributed by atoms with Gasteiger partial charge in [-0.1, -0.05) is 29.8 Å². The average molecular weight is 249 g/mol. The monoisotopic (exact) mass is 248 g/mol. The molecule has 5 heteroatoms. The quantitative estimate of drug-likeness (QED) is 0.606. The highest BCUT2D eigenvalue weighted by Gasteiger charge is 2.16. The van der Waals surface area contributed by atoms with Gasteiger partial charge in [0.15, 0.2) is 0 Å². The van der Waals surface area contributed by atoms with Crippen molar-refractivity contribution in [1.82, 2.24) is 0 Å². The summed E-state index contributed by atoms with van der Waals surface area (Å²) in [7, 11) is -3.48. The van der Waals surface area contributed by atoms with Crippen LogP contribution in [0.5, 0.6) is 0 Å². The fourth-order valence-electron chi connectivity index (χ4n) is 1.16. The molecule has 0 saturated carbocycles. The van der Waals surface area contributed by atoms with E-state index in [1.165, 1.54) is 0 Å². The molecule has 0 aliphatic carbocycles. The first-order chi connectivity index (χ1) is 6.92. The van der Waals surface area contributed by atoms with Gasteiger partial charge in [-0.15, -0.1) is 11.6 Å². The SMILES string of the molecule is Cc1ccc(C(CCl)OS(C)(=O)=O)cc1. The van der Waals surface area contributed by atoms with Crippen LogP contribution in [0.15, 0.2) is 24.3 Å². The van der Waals surface area contributed by atoms with E-state index in [9.17, 15) is 8.42 Å². The largest absolute Gasteiger partial charge is 0.265 e. The Hall–Kier alpha value is -0.580. The van der Waals surface area contributed by atoms with Gasteiger partial charge in [0, 0.05) is 0 Å². The molecule has 0 aliphatic rings. The molecule has 1 atom stereocenters. The van der Waals surface area contributed by atoms with Crippen LogP contribution in [0.4, 0.5) is 0 Å². The third-order valence-electron chi connectivity index (χ3n) is 1.88. The smallest absolute Gasteiger partial charge is 0.261 e. The van der Waals surface area contributed by atoms with Crippen molar-refractivity contribution in [3.63, 3.8) is 0 Å². The summed E-state index contributed by atoms with van der Waals surface area (Å²) in [5.74, 6) is 0.107. The zero-order chi connectivity index (χ0) is 11.5. The molecule has 1 rings (SSSR count). The van der Waals surface area contributed by atoms with Gasteiger partial charge in [0.25, 0.3) is 10.1 Å². The van der Waals surface area contributed by atoms with Gasteiger partial charge < -0.3 is 0 Å². The van der Waals surface area contributed by atoms with Crippen molar-refractivity contribution < 1.29 is 12.6 Å². The van der Waals surface area contributed by atoms with Crippen molar-refractivity contribution in [2.45, 2.75) is 13.0 Å².